The van der Waals surface area contributed by atoms with Crippen molar-refractivity contribution in [1.82, 2.24) is 0 Å². The normalized spacial score (nSPS) is 14.6. The molecule has 0 saturated carbocycles. The van der Waals surface area contributed by atoms with Gasteiger partial charge in [-0.15, -0.1) is 0 Å². The summed E-state index contributed by atoms with van der Waals surface area (Å²) >= 11 is 3.59. The van der Waals surface area contributed by atoms with Crippen LogP contribution in [-0.2, 0) is 11.2 Å². The predicted octanol–water partition coefficient (Wildman–Crippen LogP) is 3.24. The van der Waals surface area contributed by atoms with Crippen LogP contribution in [0.1, 0.15) is 18.9 Å². The van der Waals surface area contributed by atoms with Crippen molar-refractivity contribution in [3.8, 4) is 0 Å². The van der Waals surface area contributed by atoms with Gasteiger partial charge in [-0.25, -0.2) is 0 Å². The molecule has 0 heterocycles. The quantitative estimate of drug-likeness (QED) is 0.839. The highest BCUT2D eigenvalue weighted by atomic mass is 79.9. The third-order valence-electron chi connectivity index (χ3n) is 3.32. The molecule has 17 heavy (non-hydrogen) atoms. The Bertz CT molecular complexity index is 330. The molecule has 0 aliphatic carbocycles. The van der Waals surface area contributed by atoms with E-state index in [1.165, 1.54) is 10.0 Å². The number of nitrogens with two attached hydrogens (primary N) is 1. The molecule has 0 bridgehead atoms. The van der Waals surface area contributed by atoms with Crippen LogP contribution in [0.4, 0.5) is 0 Å². The summed E-state index contributed by atoms with van der Waals surface area (Å²) in [6.07, 6.45) is 2.10. The lowest BCUT2D eigenvalue weighted by Crippen LogP contribution is -2.25. The van der Waals surface area contributed by atoms with Crippen LogP contribution in [-0.4, -0.2) is 20.3 Å². The summed E-state index contributed by atoms with van der Waals surface area (Å²) in [5.41, 5.74) is 7.23. The van der Waals surface area contributed by atoms with Crippen molar-refractivity contribution in [3.05, 3.63) is 34.3 Å². The summed E-state index contributed by atoms with van der Waals surface area (Å²) in [5.74, 6) is 1.11. The highest BCUT2D eigenvalue weighted by Gasteiger charge is 2.17. The zero-order chi connectivity index (χ0) is 12.7. The van der Waals surface area contributed by atoms with Crippen LogP contribution in [0, 0.1) is 11.8 Å². The highest BCUT2D eigenvalue weighted by Crippen LogP contribution is 2.24. The van der Waals surface area contributed by atoms with Crippen molar-refractivity contribution in [3.63, 3.8) is 0 Å². The summed E-state index contributed by atoms with van der Waals surface area (Å²) in [6.45, 7) is 3.80. The first-order valence-electron chi connectivity index (χ1n) is 6.11. The van der Waals surface area contributed by atoms with Crippen LogP contribution in [0.2, 0.25) is 0 Å². The lowest BCUT2D eigenvalue weighted by molar-refractivity contribution is 0.165. The molecule has 0 fully saturated rings. The molecule has 96 valence electrons. The average molecular weight is 300 g/mol. The van der Waals surface area contributed by atoms with Gasteiger partial charge in [0.2, 0.25) is 0 Å². The fourth-order valence-electron chi connectivity index (χ4n) is 2.00. The maximum absolute atomic E-state index is 5.89. The van der Waals surface area contributed by atoms with E-state index in [4.69, 9.17) is 10.5 Å². The zero-order valence-corrected chi connectivity index (χ0v) is 12.2. The maximum Gasteiger partial charge on any atom is 0.0464 e. The van der Waals surface area contributed by atoms with Gasteiger partial charge in [-0.3, -0.25) is 0 Å². The van der Waals surface area contributed by atoms with E-state index in [9.17, 15) is 0 Å². The molecule has 2 unspecified atom stereocenters. The first-order chi connectivity index (χ1) is 8.19. The molecule has 0 spiro atoms. The number of hydrogen-bond donors (Lipinski definition) is 1. The van der Waals surface area contributed by atoms with Gasteiger partial charge >= 0.3 is 0 Å². The fourth-order valence-corrected chi connectivity index (χ4v) is 2.45. The Morgan fingerprint density at radius 2 is 2.06 bits per heavy atom. The lowest BCUT2D eigenvalue weighted by Gasteiger charge is -2.22. The number of rotatable bonds is 7. The van der Waals surface area contributed by atoms with Crippen LogP contribution in [0.3, 0.4) is 0 Å². The number of benzene rings is 1. The van der Waals surface area contributed by atoms with Crippen LogP contribution >= 0.6 is 15.9 Å². The van der Waals surface area contributed by atoms with Gasteiger partial charge < -0.3 is 10.5 Å². The number of ether oxygens (including phenoxy) is 1. The largest absolute Gasteiger partial charge is 0.385 e. The summed E-state index contributed by atoms with van der Waals surface area (Å²) in [4.78, 5) is 0. The molecule has 1 rings (SSSR count). The number of halogens is 1. The second-order valence-electron chi connectivity index (χ2n) is 4.55. The van der Waals surface area contributed by atoms with Gasteiger partial charge in [0.05, 0.1) is 0 Å². The summed E-state index contributed by atoms with van der Waals surface area (Å²) in [5, 5.41) is 0. The minimum atomic E-state index is 0.517. The molecular weight excluding hydrogens is 278 g/mol. The number of hydrogen-bond acceptors (Lipinski definition) is 2. The minimum Gasteiger partial charge on any atom is -0.385 e. The van der Waals surface area contributed by atoms with E-state index in [1.54, 1.807) is 7.11 Å². The van der Waals surface area contributed by atoms with Crippen molar-refractivity contribution in [2.24, 2.45) is 17.6 Å². The molecule has 0 aromatic heterocycles. The predicted molar refractivity (Wildman–Crippen MR) is 76.0 cm³/mol. The molecule has 2 nitrogen and oxygen atoms in total. The van der Waals surface area contributed by atoms with Gasteiger partial charge in [0.25, 0.3) is 0 Å². The van der Waals surface area contributed by atoms with Gasteiger partial charge in [0.15, 0.2) is 0 Å². The summed E-state index contributed by atoms with van der Waals surface area (Å²) in [6, 6.07) is 8.37. The minimum absolute atomic E-state index is 0.517. The Balaban J connectivity index is 2.60. The third kappa shape index (κ3) is 4.78. The van der Waals surface area contributed by atoms with Crippen molar-refractivity contribution in [1.29, 1.82) is 0 Å². The molecular formula is C14H22BrNO. The van der Waals surface area contributed by atoms with Crippen LogP contribution in [0.15, 0.2) is 28.7 Å². The lowest BCUT2D eigenvalue weighted by atomic mass is 9.86. The van der Waals surface area contributed by atoms with Gasteiger partial charge in [-0.1, -0.05) is 41.1 Å². The van der Waals surface area contributed by atoms with E-state index in [2.05, 4.69) is 41.1 Å². The van der Waals surface area contributed by atoms with Crippen molar-refractivity contribution >= 4 is 15.9 Å². The summed E-state index contributed by atoms with van der Waals surface area (Å²) in [7, 11) is 1.75. The van der Waals surface area contributed by atoms with E-state index >= 15 is 0 Å². The average Bonchev–Trinajstić information content (AvgIpc) is 2.35. The Morgan fingerprint density at radius 1 is 1.35 bits per heavy atom. The zero-order valence-electron chi connectivity index (χ0n) is 10.7. The second kappa shape index (κ2) is 7.85. The van der Waals surface area contributed by atoms with E-state index in [0.29, 0.717) is 11.8 Å². The first kappa shape index (κ1) is 14.7. The van der Waals surface area contributed by atoms with E-state index in [1.807, 2.05) is 6.07 Å². The van der Waals surface area contributed by atoms with E-state index in [0.717, 1.165) is 26.0 Å². The van der Waals surface area contributed by atoms with Gasteiger partial charge in [0.1, 0.15) is 0 Å². The Labute approximate surface area is 113 Å². The summed E-state index contributed by atoms with van der Waals surface area (Å²) < 4.78 is 6.31. The van der Waals surface area contributed by atoms with Crippen LogP contribution in [0.5, 0.6) is 0 Å². The standard InChI is InChI=1S/C14H22BrNO/c1-11(7-8-17-2)13(10-16)9-12-5-3-4-6-14(12)15/h3-6,11,13H,7-10,16H2,1-2H3. The Morgan fingerprint density at radius 3 is 2.65 bits per heavy atom. The fraction of sp³-hybridized carbons (Fsp3) is 0.571. The van der Waals surface area contributed by atoms with Crippen molar-refractivity contribution in [2.75, 3.05) is 20.3 Å². The first-order valence-corrected chi connectivity index (χ1v) is 6.90. The van der Waals surface area contributed by atoms with E-state index < -0.39 is 0 Å². The molecule has 2 N–H and O–H groups in total. The molecule has 0 aliphatic heterocycles. The van der Waals surface area contributed by atoms with Crippen LogP contribution in [0.25, 0.3) is 0 Å². The molecule has 2 atom stereocenters. The molecule has 0 aliphatic rings. The highest BCUT2D eigenvalue weighted by molar-refractivity contribution is 9.10. The van der Waals surface area contributed by atoms with Gasteiger partial charge in [-0.2, -0.15) is 0 Å². The van der Waals surface area contributed by atoms with Crippen molar-refractivity contribution in [2.45, 2.75) is 19.8 Å². The third-order valence-corrected chi connectivity index (χ3v) is 4.10. The SMILES string of the molecule is COCCC(C)C(CN)Cc1ccccc1Br. The van der Waals surface area contributed by atoms with Gasteiger partial charge in [-0.05, 0) is 42.9 Å². The van der Waals surface area contributed by atoms with Crippen LogP contribution < -0.4 is 5.73 Å². The van der Waals surface area contributed by atoms with Crippen molar-refractivity contribution < 1.29 is 4.74 Å². The topological polar surface area (TPSA) is 35.2 Å². The maximum atomic E-state index is 5.89. The molecule has 1 aromatic rings. The molecule has 0 radical (unpaired) electrons. The van der Waals surface area contributed by atoms with E-state index in [-0.39, 0.29) is 0 Å². The monoisotopic (exact) mass is 299 g/mol. The molecule has 0 saturated heterocycles. The molecule has 3 heteroatoms. The van der Waals surface area contributed by atoms with Gasteiger partial charge in [0, 0.05) is 18.2 Å². The smallest absolute Gasteiger partial charge is 0.0464 e. The molecule has 0 amide bonds. The Kier molecular flexibility index (Phi) is 6.78. The molecule has 1 aromatic carbocycles. The Hall–Kier alpha value is -0.380. The number of methoxy groups -OCH3 is 1. The second-order valence-corrected chi connectivity index (χ2v) is 5.40.